The zero-order valence-corrected chi connectivity index (χ0v) is 15.0. The Morgan fingerprint density at radius 2 is 2.05 bits per heavy atom. The van der Waals surface area contributed by atoms with Crippen LogP contribution >= 0.6 is 11.3 Å². The van der Waals surface area contributed by atoms with Gasteiger partial charge in [-0.15, -0.1) is 11.3 Å². The minimum Gasteiger partial charge on any atom is -0.310 e. The van der Waals surface area contributed by atoms with Gasteiger partial charge in [-0.3, -0.25) is 0 Å². The van der Waals surface area contributed by atoms with Gasteiger partial charge in [0.25, 0.3) is 10.0 Å². The molecule has 1 N–H and O–H groups in total. The van der Waals surface area contributed by atoms with E-state index in [2.05, 4.69) is 26.1 Å². The number of nitrogens with one attached hydrogen (secondary N) is 1. The molecule has 2 rings (SSSR count). The van der Waals surface area contributed by atoms with E-state index in [-0.39, 0.29) is 11.6 Å². The van der Waals surface area contributed by atoms with E-state index in [4.69, 9.17) is 0 Å². The van der Waals surface area contributed by atoms with Gasteiger partial charge in [-0.05, 0) is 52.7 Å². The predicted octanol–water partition coefficient (Wildman–Crippen LogP) is 2.99. The normalized spacial score (nSPS) is 21.6. The minimum atomic E-state index is -3.35. The molecule has 0 aliphatic carbocycles. The van der Waals surface area contributed by atoms with E-state index in [1.54, 1.807) is 10.4 Å². The Morgan fingerprint density at radius 3 is 2.62 bits per heavy atom. The van der Waals surface area contributed by atoms with Crippen molar-refractivity contribution in [3.8, 4) is 0 Å². The number of nitrogens with zero attached hydrogens (tertiary/aromatic N) is 1. The lowest BCUT2D eigenvalue weighted by molar-refractivity contribution is 0.231. The lowest BCUT2D eigenvalue weighted by atomic mass is 10.0. The van der Waals surface area contributed by atoms with Gasteiger partial charge in [0.05, 0.1) is 0 Å². The molecule has 2 heterocycles. The van der Waals surface area contributed by atoms with Crippen molar-refractivity contribution in [3.05, 3.63) is 17.0 Å². The number of hydrogen-bond donors (Lipinski definition) is 1. The Morgan fingerprint density at radius 1 is 1.33 bits per heavy atom. The van der Waals surface area contributed by atoms with Gasteiger partial charge in [-0.1, -0.05) is 6.42 Å². The van der Waals surface area contributed by atoms with Crippen molar-refractivity contribution >= 4 is 21.4 Å². The number of aryl methyl sites for hydroxylation is 1. The van der Waals surface area contributed by atoms with Crippen LogP contribution in [0.15, 0.2) is 16.3 Å². The lowest BCUT2D eigenvalue weighted by Gasteiger charge is -2.36. The Kier molecular flexibility index (Phi) is 5.13. The molecule has 1 fully saturated rings. The zero-order valence-electron chi connectivity index (χ0n) is 13.3. The highest BCUT2D eigenvalue weighted by Crippen LogP contribution is 2.29. The van der Waals surface area contributed by atoms with Gasteiger partial charge in [-0.2, -0.15) is 4.31 Å². The summed E-state index contributed by atoms with van der Waals surface area (Å²) in [5, 5.41) is 3.45. The lowest BCUT2D eigenvalue weighted by Crippen LogP contribution is -2.51. The van der Waals surface area contributed by atoms with Gasteiger partial charge in [-0.25, -0.2) is 8.42 Å². The number of sulfonamides is 1. The average molecular weight is 331 g/mol. The summed E-state index contributed by atoms with van der Waals surface area (Å²) in [4.78, 5) is 1.04. The summed E-state index contributed by atoms with van der Waals surface area (Å²) in [5.41, 5.74) is 0.00635. The van der Waals surface area contributed by atoms with Crippen molar-refractivity contribution in [1.82, 2.24) is 9.62 Å². The Hall–Kier alpha value is -0.430. The summed E-state index contributed by atoms with van der Waals surface area (Å²) in [5.74, 6) is 0. The van der Waals surface area contributed by atoms with Gasteiger partial charge in [0.15, 0.2) is 0 Å². The molecule has 6 heteroatoms. The Labute approximate surface area is 132 Å². The Bertz CT molecular complexity index is 573. The van der Waals surface area contributed by atoms with Crippen LogP contribution in [-0.2, 0) is 10.0 Å². The van der Waals surface area contributed by atoms with Crippen LogP contribution in [0.2, 0.25) is 0 Å². The first-order valence-electron chi connectivity index (χ1n) is 7.53. The van der Waals surface area contributed by atoms with Crippen molar-refractivity contribution in [3.63, 3.8) is 0 Å². The summed E-state index contributed by atoms with van der Waals surface area (Å²) in [6.45, 7) is 9.62. The average Bonchev–Trinajstić information content (AvgIpc) is 2.83. The van der Waals surface area contributed by atoms with Crippen LogP contribution < -0.4 is 5.32 Å². The summed E-state index contributed by atoms with van der Waals surface area (Å²) in [6.07, 6.45) is 2.99. The van der Waals surface area contributed by atoms with E-state index in [0.29, 0.717) is 17.3 Å². The van der Waals surface area contributed by atoms with Crippen LogP contribution in [0.4, 0.5) is 0 Å². The van der Waals surface area contributed by atoms with Crippen LogP contribution in [-0.4, -0.2) is 37.4 Å². The van der Waals surface area contributed by atoms with E-state index >= 15 is 0 Å². The fourth-order valence-electron chi connectivity index (χ4n) is 2.58. The molecular formula is C15H26N2O2S2. The maximum Gasteiger partial charge on any atom is 0.252 e. The molecule has 1 aliphatic heterocycles. The first-order chi connectivity index (χ1) is 9.70. The van der Waals surface area contributed by atoms with Gasteiger partial charge >= 0.3 is 0 Å². The van der Waals surface area contributed by atoms with E-state index in [1.165, 1.54) is 11.3 Å². The molecule has 1 aliphatic rings. The number of thiophene rings is 1. The zero-order chi connectivity index (χ0) is 15.7. The second-order valence-electron chi connectivity index (χ2n) is 6.76. The van der Waals surface area contributed by atoms with Gasteiger partial charge < -0.3 is 5.32 Å². The third-order valence-electron chi connectivity index (χ3n) is 3.72. The van der Waals surface area contributed by atoms with Crippen LogP contribution in [0.5, 0.6) is 0 Å². The van der Waals surface area contributed by atoms with Crippen LogP contribution in [0.1, 0.15) is 44.9 Å². The SMILES string of the molecule is Cc1ccc(S(=O)(=O)N2CCCCC2CNC(C)(C)C)s1. The Balaban J connectivity index is 2.18. The molecule has 1 atom stereocenters. The molecule has 1 aromatic heterocycles. The molecule has 4 nitrogen and oxygen atoms in total. The quantitative estimate of drug-likeness (QED) is 0.923. The predicted molar refractivity (Wildman–Crippen MR) is 88.3 cm³/mol. The van der Waals surface area contributed by atoms with Crippen molar-refractivity contribution in [1.29, 1.82) is 0 Å². The van der Waals surface area contributed by atoms with Gasteiger partial charge in [0.1, 0.15) is 4.21 Å². The van der Waals surface area contributed by atoms with Crippen molar-refractivity contribution in [2.45, 2.75) is 62.7 Å². The van der Waals surface area contributed by atoms with Crippen molar-refractivity contribution in [2.24, 2.45) is 0 Å². The number of rotatable bonds is 4. The molecule has 21 heavy (non-hydrogen) atoms. The fraction of sp³-hybridized carbons (Fsp3) is 0.733. The van der Waals surface area contributed by atoms with E-state index in [9.17, 15) is 8.42 Å². The number of piperidine rings is 1. The molecule has 0 amide bonds. The molecule has 120 valence electrons. The maximum absolute atomic E-state index is 12.8. The molecule has 1 unspecified atom stereocenters. The van der Waals surface area contributed by atoms with Crippen LogP contribution in [0.25, 0.3) is 0 Å². The molecule has 1 saturated heterocycles. The highest BCUT2D eigenvalue weighted by molar-refractivity contribution is 7.91. The molecular weight excluding hydrogens is 304 g/mol. The largest absolute Gasteiger partial charge is 0.310 e. The van der Waals surface area contributed by atoms with Crippen LogP contribution in [0.3, 0.4) is 0 Å². The molecule has 0 radical (unpaired) electrons. The van der Waals surface area contributed by atoms with Crippen molar-refractivity contribution in [2.75, 3.05) is 13.1 Å². The molecule has 0 spiro atoms. The minimum absolute atomic E-state index is 0.00635. The highest BCUT2D eigenvalue weighted by atomic mass is 32.2. The fourth-order valence-corrected chi connectivity index (χ4v) is 5.69. The topological polar surface area (TPSA) is 49.4 Å². The first kappa shape index (κ1) is 16.9. The van der Waals surface area contributed by atoms with Crippen LogP contribution in [0, 0.1) is 6.92 Å². The van der Waals surface area contributed by atoms with E-state index < -0.39 is 10.0 Å². The molecule has 0 saturated carbocycles. The maximum atomic E-state index is 12.8. The molecule has 0 bridgehead atoms. The monoisotopic (exact) mass is 330 g/mol. The standard InChI is InChI=1S/C15H26N2O2S2/c1-12-8-9-14(20-12)21(18,19)17-10-6-5-7-13(17)11-16-15(2,3)4/h8-9,13,16H,5-7,10-11H2,1-4H3. The van der Waals surface area contributed by atoms with Crippen molar-refractivity contribution < 1.29 is 8.42 Å². The smallest absolute Gasteiger partial charge is 0.252 e. The molecule has 0 aromatic carbocycles. The third-order valence-corrected chi connectivity index (χ3v) is 7.14. The molecule has 1 aromatic rings. The van der Waals surface area contributed by atoms with E-state index in [1.807, 2.05) is 13.0 Å². The van der Waals surface area contributed by atoms with E-state index in [0.717, 1.165) is 24.1 Å². The second kappa shape index (κ2) is 6.36. The first-order valence-corrected chi connectivity index (χ1v) is 9.79. The second-order valence-corrected chi connectivity index (χ2v) is 10.2. The van der Waals surface area contributed by atoms with Gasteiger partial charge in [0.2, 0.25) is 0 Å². The summed E-state index contributed by atoms with van der Waals surface area (Å²) in [6, 6.07) is 3.67. The highest BCUT2D eigenvalue weighted by Gasteiger charge is 2.34. The third kappa shape index (κ3) is 4.28. The summed E-state index contributed by atoms with van der Waals surface area (Å²) >= 11 is 1.36. The number of hydrogen-bond acceptors (Lipinski definition) is 4. The summed E-state index contributed by atoms with van der Waals surface area (Å²) in [7, 11) is -3.35. The summed E-state index contributed by atoms with van der Waals surface area (Å²) < 4.78 is 27.9. The van der Waals surface area contributed by atoms with Gasteiger partial charge in [0, 0.05) is 29.5 Å².